The quantitative estimate of drug-likeness (QED) is 0.547. The van der Waals surface area contributed by atoms with Gasteiger partial charge in [0.15, 0.2) is 5.82 Å². The lowest BCUT2D eigenvalue weighted by Crippen LogP contribution is -2.31. The fourth-order valence-corrected chi connectivity index (χ4v) is 4.24. The highest BCUT2D eigenvalue weighted by atomic mass is 16.5. The summed E-state index contributed by atoms with van der Waals surface area (Å²) in [6.45, 7) is 6.36. The molecule has 2 fully saturated rings. The van der Waals surface area contributed by atoms with Crippen molar-refractivity contribution < 1.29 is 14.6 Å². The predicted octanol–water partition coefficient (Wildman–Crippen LogP) is 2.60. The van der Waals surface area contributed by atoms with Crippen molar-refractivity contribution in [3.63, 3.8) is 0 Å². The van der Waals surface area contributed by atoms with E-state index in [1.165, 1.54) is 19.3 Å². The number of anilines is 2. The highest BCUT2D eigenvalue weighted by molar-refractivity contribution is 5.67. The van der Waals surface area contributed by atoms with Gasteiger partial charge in [0.25, 0.3) is 0 Å². The predicted molar refractivity (Wildman–Crippen MR) is 127 cm³/mol. The van der Waals surface area contributed by atoms with Crippen molar-refractivity contribution in [2.24, 2.45) is 0 Å². The molecule has 8 heteroatoms. The van der Waals surface area contributed by atoms with Crippen molar-refractivity contribution in [3.8, 4) is 17.1 Å². The first-order chi connectivity index (χ1) is 15.6. The van der Waals surface area contributed by atoms with E-state index >= 15 is 0 Å². The molecule has 0 bridgehead atoms. The second kappa shape index (κ2) is 10.9. The topological polar surface area (TPSA) is 91.8 Å². The largest absolute Gasteiger partial charge is 0.491 e. The van der Waals surface area contributed by atoms with Gasteiger partial charge in [-0.2, -0.15) is 0 Å². The SMILES string of the molecule is CNCC(O)COc1cccc(-c2nc(N[C@@H]3CCOC3)c(C)c(N3CCCCC3)n2)c1. The summed E-state index contributed by atoms with van der Waals surface area (Å²) in [4.78, 5) is 12.3. The van der Waals surface area contributed by atoms with Gasteiger partial charge in [-0.25, -0.2) is 9.97 Å². The van der Waals surface area contributed by atoms with Crippen LogP contribution in [-0.4, -0.2) is 73.7 Å². The molecule has 1 aromatic carbocycles. The van der Waals surface area contributed by atoms with Gasteiger partial charge in [0.05, 0.1) is 12.6 Å². The molecule has 4 rings (SSSR count). The Balaban J connectivity index is 1.62. The van der Waals surface area contributed by atoms with Gasteiger partial charge >= 0.3 is 0 Å². The van der Waals surface area contributed by atoms with Crippen LogP contribution >= 0.6 is 0 Å². The number of ether oxygens (including phenoxy) is 2. The molecule has 3 N–H and O–H groups in total. The molecular weight excluding hydrogens is 406 g/mol. The van der Waals surface area contributed by atoms with E-state index in [0.29, 0.717) is 24.7 Å². The van der Waals surface area contributed by atoms with E-state index in [-0.39, 0.29) is 12.6 Å². The molecule has 174 valence electrons. The molecule has 32 heavy (non-hydrogen) atoms. The van der Waals surface area contributed by atoms with E-state index in [4.69, 9.17) is 19.4 Å². The molecule has 0 aliphatic carbocycles. The van der Waals surface area contributed by atoms with Crippen LogP contribution in [0.1, 0.15) is 31.2 Å². The standard InChI is InChI=1S/C24H35N5O3/c1-17-22(26-19-9-12-31-15-19)27-23(28-24(17)29-10-4-3-5-11-29)18-7-6-8-21(13-18)32-16-20(30)14-25-2/h6-8,13,19-20,25,30H,3-5,9-12,14-16H2,1-2H3,(H,26,27,28)/t19-,20?/m1/s1. The third kappa shape index (κ3) is 5.68. The number of nitrogens with zero attached hydrogens (tertiary/aromatic N) is 3. The fraction of sp³-hybridized carbons (Fsp3) is 0.583. The zero-order chi connectivity index (χ0) is 22.3. The highest BCUT2D eigenvalue weighted by Crippen LogP contribution is 2.31. The number of nitrogens with one attached hydrogen (secondary N) is 2. The number of aromatic nitrogens is 2. The van der Waals surface area contributed by atoms with Crippen molar-refractivity contribution in [3.05, 3.63) is 29.8 Å². The summed E-state index contributed by atoms with van der Waals surface area (Å²) in [5, 5.41) is 16.5. The first kappa shape index (κ1) is 22.8. The summed E-state index contributed by atoms with van der Waals surface area (Å²) in [5.74, 6) is 3.26. The van der Waals surface area contributed by atoms with Crippen LogP contribution in [0.25, 0.3) is 11.4 Å². The number of hydrogen-bond acceptors (Lipinski definition) is 8. The van der Waals surface area contributed by atoms with Crippen LogP contribution in [0.2, 0.25) is 0 Å². The van der Waals surface area contributed by atoms with Crippen LogP contribution in [0.3, 0.4) is 0 Å². The van der Waals surface area contributed by atoms with Crippen molar-refractivity contribution in [1.82, 2.24) is 15.3 Å². The molecule has 1 unspecified atom stereocenters. The minimum absolute atomic E-state index is 0.229. The lowest BCUT2D eigenvalue weighted by atomic mass is 10.1. The van der Waals surface area contributed by atoms with Crippen LogP contribution < -0.4 is 20.3 Å². The molecule has 1 aromatic heterocycles. The van der Waals surface area contributed by atoms with E-state index in [1.807, 2.05) is 31.3 Å². The zero-order valence-electron chi connectivity index (χ0n) is 19.1. The Labute approximate surface area is 190 Å². The Bertz CT molecular complexity index is 882. The van der Waals surface area contributed by atoms with Crippen LogP contribution in [0.15, 0.2) is 24.3 Å². The molecule has 2 atom stereocenters. The van der Waals surface area contributed by atoms with Crippen LogP contribution in [0, 0.1) is 6.92 Å². The number of aliphatic hydroxyl groups is 1. The second-order valence-electron chi connectivity index (χ2n) is 8.65. The summed E-state index contributed by atoms with van der Waals surface area (Å²) in [7, 11) is 1.81. The molecule has 2 aliphatic rings. The van der Waals surface area contributed by atoms with Crippen molar-refractivity contribution >= 4 is 11.6 Å². The zero-order valence-corrected chi connectivity index (χ0v) is 19.1. The Morgan fingerprint density at radius 1 is 1.25 bits per heavy atom. The molecule has 0 saturated carbocycles. The molecule has 0 spiro atoms. The van der Waals surface area contributed by atoms with E-state index in [9.17, 15) is 5.11 Å². The lowest BCUT2D eigenvalue weighted by molar-refractivity contribution is 0.108. The van der Waals surface area contributed by atoms with Gasteiger partial charge in [-0.3, -0.25) is 0 Å². The summed E-state index contributed by atoms with van der Waals surface area (Å²) in [6.07, 6.45) is 4.08. The molecular formula is C24H35N5O3. The van der Waals surface area contributed by atoms with E-state index in [0.717, 1.165) is 48.9 Å². The molecule has 2 saturated heterocycles. The van der Waals surface area contributed by atoms with Gasteiger partial charge in [-0.15, -0.1) is 0 Å². The van der Waals surface area contributed by atoms with Gasteiger partial charge in [0.1, 0.15) is 30.1 Å². The summed E-state index contributed by atoms with van der Waals surface area (Å²) in [6, 6.07) is 8.05. The van der Waals surface area contributed by atoms with Crippen LogP contribution in [0.5, 0.6) is 5.75 Å². The average Bonchev–Trinajstić information content (AvgIpc) is 3.33. The number of likely N-dealkylation sites (N-methyl/N-ethyl adjacent to an activating group) is 1. The Morgan fingerprint density at radius 3 is 2.84 bits per heavy atom. The normalized spacial score (nSPS) is 19.7. The number of aliphatic hydroxyl groups excluding tert-OH is 1. The maximum atomic E-state index is 9.94. The highest BCUT2D eigenvalue weighted by Gasteiger charge is 2.22. The molecule has 3 heterocycles. The Kier molecular flexibility index (Phi) is 7.78. The monoisotopic (exact) mass is 441 g/mol. The summed E-state index contributed by atoms with van der Waals surface area (Å²) in [5.41, 5.74) is 1.99. The number of hydrogen-bond donors (Lipinski definition) is 3. The van der Waals surface area contributed by atoms with Crippen molar-refractivity contribution in [1.29, 1.82) is 0 Å². The van der Waals surface area contributed by atoms with Crippen LogP contribution in [-0.2, 0) is 4.74 Å². The van der Waals surface area contributed by atoms with E-state index in [1.54, 1.807) is 0 Å². The first-order valence-electron chi connectivity index (χ1n) is 11.7. The van der Waals surface area contributed by atoms with Gasteiger partial charge < -0.3 is 30.1 Å². The lowest BCUT2D eigenvalue weighted by Gasteiger charge is -2.30. The maximum absolute atomic E-state index is 9.94. The number of benzene rings is 1. The molecule has 2 aromatic rings. The van der Waals surface area contributed by atoms with E-state index in [2.05, 4.69) is 22.5 Å². The van der Waals surface area contributed by atoms with Gasteiger partial charge in [0.2, 0.25) is 0 Å². The minimum Gasteiger partial charge on any atom is -0.491 e. The third-order valence-corrected chi connectivity index (χ3v) is 6.02. The van der Waals surface area contributed by atoms with Crippen LogP contribution in [0.4, 0.5) is 11.6 Å². The molecule has 8 nitrogen and oxygen atoms in total. The first-order valence-corrected chi connectivity index (χ1v) is 11.7. The van der Waals surface area contributed by atoms with Gasteiger partial charge in [-0.05, 0) is 51.8 Å². The Morgan fingerprint density at radius 2 is 2.09 bits per heavy atom. The fourth-order valence-electron chi connectivity index (χ4n) is 4.24. The summed E-state index contributed by atoms with van der Waals surface area (Å²) < 4.78 is 11.4. The second-order valence-corrected chi connectivity index (χ2v) is 8.65. The number of piperidine rings is 1. The molecule has 0 amide bonds. The maximum Gasteiger partial charge on any atom is 0.164 e. The van der Waals surface area contributed by atoms with E-state index < -0.39 is 6.10 Å². The van der Waals surface area contributed by atoms with Gasteiger partial charge in [0, 0.05) is 37.4 Å². The third-order valence-electron chi connectivity index (χ3n) is 6.02. The summed E-state index contributed by atoms with van der Waals surface area (Å²) >= 11 is 0. The smallest absolute Gasteiger partial charge is 0.164 e. The van der Waals surface area contributed by atoms with Crippen molar-refractivity contribution in [2.45, 2.75) is 44.8 Å². The molecule has 2 aliphatic heterocycles. The average molecular weight is 442 g/mol. The number of rotatable bonds is 9. The van der Waals surface area contributed by atoms with Gasteiger partial charge in [-0.1, -0.05) is 12.1 Å². The minimum atomic E-state index is -0.561. The molecule has 0 radical (unpaired) electrons. The van der Waals surface area contributed by atoms with Crippen molar-refractivity contribution in [2.75, 3.05) is 56.7 Å². The Hall–Kier alpha value is -2.42.